The molecule has 1 aromatic carbocycles. The number of carbonyl (C=O) groups excluding carboxylic acids is 1. The van der Waals surface area contributed by atoms with E-state index < -0.39 is 0 Å². The van der Waals surface area contributed by atoms with Crippen molar-refractivity contribution in [2.45, 2.75) is 65.7 Å². The van der Waals surface area contributed by atoms with E-state index in [-0.39, 0.29) is 11.9 Å². The number of anilines is 1. The third kappa shape index (κ3) is 5.94. The number of likely N-dealkylation sites (tertiary alicyclic amines) is 1. The smallest absolute Gasteiger partial charge is 0.241 e. The molecule has 5 nitrogen and oxygen atoms in total. The number of hydrogen-bond donors (Lipinski definition) is 1. The van der Waals surface area contributed by atoms with Crippen molar-refractivity contribution < 1.29 is 9.53 Å². The number of halogens is 1. The van der Waals surface area contributed by atoms with Crippen LogP contribution in [0.3, 0.4) is 0 Å². The first-order chi connectivity index (χ1) is 13.7. The van der Waals surface area contributed by atoms with Gasteiger partial charge in [0.15, 0.2) is 0 Å². The molecule has 0 bridgehead atoms. The van der Waals surface area contributed by atoms with Crippen LogP contribution in [0.2, 0.25) is 5.02 Å². The second-order valence-corrected chi connectivity index (χ2v) is 9.47. The molecular weight excluding hydrogens is 386 g/mol. The van der Waals surface area contributed by atoms with Gasteiger partial charge in [0, 0.05) is 19.6 Å². The highest BCUT2D eigenvalue weighted by molar-refractivity contribution is 6.34. The summed E-state index contributed by atoms with van der Waals surface area (Å²) in [5, 5.41) is 3.66. The first-order valence-electron chi connectivity index (χ1n) is 10.9. The third-order valence-electron chi connectivity index (χ3n) is 6.27. The molecule has 3 atom stereocenters. The highest BCUT2D eigenvalue weighted by Crippen LogP contribution is 2.28. The predicted octanol–water partition coefficient (Wildman–Crippen LogP) is 4.11. The fourth-order valence-corrected chi connectivity index (χ4v) is 5.16. The van der Waals surface area contributed by atoms with Gasteiger partial charge < -0.3 is 10.1 Å². The van der Waals surface area contributed by atoms with Gasteiger partial charge in [-0.25, -0.2) is 0 Å². The van der Waals surface area contributed by atoms with Crippen LogP contribution in [0, 0.1) is 19.8 Å². The largest absolute Gasteiger partial charge is 0.373 e. The number of hydrogen-bond acceptors (Lipinski definition) is 4. The van der Waals surface area contributed by atoms with E-state index in [0.717, 1.165) is 62.4 Å². The summed E-state index contributed by atoms with van der Waals surface area (Å²) in [5.74, 6) is 0.723. The van der Waals surface area contributed by atoms with E-state index in [1.165, 1.54) is 0 Å². The Labute approximate surface area is 180 Å². The molecule has 29 heavy (non-hydrogen) atoms. The van der Waals surface area contributed by atoms with E-state index in [1.54, 1.807) is 0 Å². The lowest BCUT2D eigenvalue weighted by molar-refractivity contribution is -0.121. The van der Waals surface area contributed by atoms with E-state index in [9.17, 15) is 4.79 Å². The summed E-state index contributed by atoms with van der Waals surface area (Å²) in [6, 6.07) is 3.79. The van der Waals surface area contributed by atoms with Crippen LogP contribution in [0.4, 0.5) is 5.69 Å². The third-order valence-corrected chi connectivity index (χ3v) is 6.57. The van der Waals surface area contributed by atoms with Gasteiger partial charge in [0.1, 0.15) is 0 Å². The number of ether oxygens (including phenoxy) is 1. The second kappa shape index (κ2) is 9.78. The summed E-state index contributed by atoms with van der Waals surface area (Å²) in [7, 11) is 0. The Balaban J connectivity index is 1.49. The van der Waals surface area contributed by atoms with Gasteiger partial charge in [-0.05, 0) is 83.7 Å². The van der Waals surface area contributed by atoms with E-state index >= 15 is 0 Å². The van der Waals surface area contributed by atoms with Crippen LogP contribution in [0.25, 0.3) is 0 Å². The maximum atomic E-state index is 12.8. The van der Waals surface area contributed by atoms with Crippen molar-refractivity contribution in [2.75, 3.05) is 38.0 Å². The zero-order valence-corrected chi connectivity index (χ0v) is 19.3. The number of nitrogens with one attached hydrogen (secondary N) is 1. The monoisotopic (exact) mass is 421 g/mol. The van der Waals surface area contributed by atoms with Gasteiger partial charge in [-0.1, -0.05) is 17.7 Å². The number of benzene rings is 1. The molecule has 162 valence electrons. The van der Waals surface area contributed by atoms with Crippen molar-refractivity contribution in [2.24, 2.45) is 5.92 Å². The number of aryl methyl sites for hydroxylation is 2. The second-order valence-electron chi connectivity index (χ2n) is 9.06. The molecule has 1 N–H and O–H groups in total. The van der Waals surface area contributed by atoms with Crippen LogP contribution in [0.1, 0.15) is 44.7 Å². The summed E-state index contributed by atoms with van der Waals surface area (Å²) < 4.78 is 5.85. The molecule has 0 aromatic heterocycles. The average molecular weight is 422 g/mol. The molecule has 3 unspecified atom stereocenters. The Kier molecular flexibility index (Phi) is 7.60. The van der Waals surface area contributed by atoms with Crippen molar-refractivity contribution in [3.05, 3.63) is 28.3 Å². The highest BCUT2D eigenvalue weighted by Gasteiger charge is 2.30. The van der Waals surface area contributed by atoms with Crippen molar-refractivity contribution in [1.29, 1.82) is 0 Å². The Hall–Kier alpha value is -1.14. The van der Waals surface area contributed by atoms with Gasteiger partial charge in [0.25, 0.3) is 0 Å². The Morgan fingerprint density at radius 1 is 1.21 bits per heavy atom. The van der Waals surface area contributed by atoms with E-state index in [2.05, 4.69) is 29.0 Å². The molecule has 2 fully saturated rings. The van der Waals surface area contributed by atoms with E-state index in [0.29, 0.717) is 23.1 Å². The summed E-state index contributed by atoms with van der Waals surface area (Å²) in [6.07, 6.45) is 2.92. The lowest BCUT2D eigenvalue weighted by Crippen LogP contribution is -2.50. The van der Waals surface area contributed by atoms with Gasteiger partial charge in [-0.15, -0.1) is 0 Å². The maximum absolute atomic E-state index is 12.8. The van der Waals surface area contributed by atoms with Gasteiger partial charge >= 0.3 is 0 Å². The lowest BCUT2D eigenvalue weighted by atomic mass is 9.94. The number of morpholine rings is 1. The summed E-state index contributed by atoms with van der Waals surface area (Å²) >= 11 is 6.36. The summed E-state index contributed by atoms with van der Waals surface area (Å²) in [5.41, 5.74) is 2.84. The SMILES string of the molecule is Cc1cc(C)c(NC(=O)C(C)N2CCC(CN3CC(C)OC(C)C3)CC2)c(Cl)c1. The molecule has 2 heterocycles. The zero-order valence-electron chi connectivity index (χ0n) is 18.5. The first kappa shape index (κ1) is 22.5. The van der Waals surface area contributed by atoms with Crippen molar-refractivity contribution in [3.63, 3.8) is 0 Å². The Morgan fingerprint density at radius 3 is 2.41 bits per heavy atom. The Morgan fingerprint density at radius 2 is 1.83 bits per heavy atom. The molecule has 2 aliphatic rings. The topological polar surface area (TPSA) is 44.8 Å². The number of amides is 1. The van der Waals surface area contributed by atoms with Gasteiger partial charge in [0.2, 0.25) is 5.91 Å². The van der Waals surface area contributed by atoms with Crippen LogP contribution >= 0.6 is 11.6 Å². The molecule has 3 rings (SSSR count). The van der Waals surface area contributed by atoms with Crippen molar-refractivity contribution in [1.82, 2.24) is 9.80 Å². The van der Waals surface area contributed by atoms with Gasteiger partial charge in [-0.2, -0.15) is 0 Å². The Bertz CT molecular complexity index is 685. The zero-order chi connectivity index (χ0) is 21.1. The molecule has 0 radical (unpaired) electrons. The number of carbonyl (C=O) groups is 1. The van der Waals surface area contributed by atoms with Crippen LogP contribution in [0.5, 0.6) is 0 Å². The molecule has 2 saturated heterocycles. The summed E-state index contributed by atoms with van der Waals surface area (Å²) in [6.45, 7) is 15.4. The number of nitrogens with zero attached hydrogens (tertiary/aromatic N) is 2. The molecule has 6 heteroatoms. The number of rotatable bonds is 5. The lowest BCUT2D eigenvalue weighted by Gasteiger charge is -2.40. The fraction of sp³-hybridized carbons (Fsp3) is 0.696. The molecule has 1 amide bonds. The summed E-state index contributed by atoms with van der Waals surface area (Å²) in [4.78, 5) is 17.7. The first-order valence-corrected chi connectivity index (χ1v) is 11.3. The standard InChI is InChI=1S/C23H36ClN3O2/c1-15-10-16(2)22(21(24)11-15)25-23(28)19(5)27-8-6-20(7-9-27)14-26-12-17(3)29-18(4)13-26/h10-11,17-20H,6-9,12-14H2,1-5H3,(H,25,28). The van der Waals surface area contributed by atoms with E-state index in [4.69, 9.17) is 16.3 Å². The minimum Gasteiger partial charge on any atom is -0.373 e. The normalized spacial score (nSPS) is 25.7. The van der Waals surface area contributed by atoms with Crippen molar-refractivity contribution in [3.8, 4) is 0 Å². The molecule has 0 saturated carbocycles. The minimum atomic E-state index is -0.156. The van der Waals surface area contributed by atoms with E-state index in [1.807, 2.05) is 32.9 Å². The number of piperidine rings is 1. The minimum absolute atomic E-state index is 0.0214. The molecule has 2 aliphatic heterocycles. The van der Waals surface area contributed by atoms with Gasteiger partial charge in [-0.3, -0.25) is 14.6 Å². The molecule has 1 aromatic rings. The molecular formula is C23H36ClN3O2. The van der Waals surface area contributed by atoms with Crippen LogP contribution < -0.4 is 5.32 Å². The quantitative estimate of drug-likeness (QED) is 0.777. The van der Waals surface area contributed by atoms with Gasteiger partial charge in [0.05, 0.1) is 29.0 Å². The highest BCUT2D eigenvalue weighted by atomic mass is 35.5. The predicted molar refractivity (Wildman–Crippen MR) is 120 cm³/mol. The molecule has 0 spiro atoms. The van der Waals surface area contributed by atoms with Crippen LogP contribution in [-0.4, -0.2) is 66.7 Å². The van der Waals surface area contributed by atoms with Crippen LogP contribution in [-0.2, 0) is 9.53 Å². The average Bonchev–Trinajstić information content (AvgIpc) is 2.63. The van der Waals surface area contributed by atoms with Crippen molar-refractivity contribution >= 4 is 23.2 Å². The fourth-order valence-electron chi connectivity index (χ4n) is 4.79. The maximum Gasteiger partial charge on any atom is 0.241 e. The molecule has 0 aliphatic carbocycles. The van der Waals surface area contributed by atoms with Crippen LogP contribution in [0.15, 0.2) is 12.1 Å².